The second-order valence-electron chi connectivity index (χ2n) is 4.17. The van der Waals surface area contributed by atoms with Gasteiger partial charge in [-0.2, -0.15) is 0 Å². The van der Waals surface area contributed by atoms with E-state index in [0.717, 1.165) is 34.0 Å². The molecular weight excluding hydrogens is 344 g/mol. The number of aromatic nitrogens is 1. The van der Waals surface area contributed by atoms with Gasteiger partial charge < -0.3 is 5.32 Å². The number of unbranched alkanes of at least 4 members (excludes halogenated alkanes) is 1. The van der Waals surface area contributed by atoms with Crippen molar-refractivity contribution in [3.63, 3.8) is 0 Å². The van der Waals surface area contributed by atoms with Crippen LogP contribution in [-0.4, -0.2) is 11.5 Å². The van der Waals surface area contributed by atoms with Crippen LogP contribution < -0.4 is 5.32 Å². The number of hydrogen-bond donors (Lipinski definition) is 1. The molecule has 1 aromatic heterocycles. The smallest absolute Gasteiger partial charge is 0.0715 e. The summed E-state index contributed by atoms with van der Waals surface area (Å²) in [7, 11) is 0. The Labute approximate surface area is 121 Å². The summed E-state index contributed by atoms with van der Waals surface area (Å²) in [5.74, 6) is 0. The molecule has 0 fully saturated rings. The molecule has 1 rings (SSSR count). The Balaban J connectivity index is 2.79. The van der Waals surface area contributed by atoms with Gasteiger partial charge in [-0.15, -0.1) is 0 Å². The van der Waals surface area contributed by atoms with Gasteiger partial charge in [-0.1, -0.05) is 26.7 Å². The van der Waals surface area contributed by atoms with E-state index in [2.05, 4.69) is 62.1 Å². The second kappa shape index (κ2) is 8.22. The molecule has 1 heterocycles. The van der Waals surface area contributed by atoms with Crippen molar-refractivity contribution in [3.8, 4) is 0 Å². The van der Waals surface area contributed by atoms with Gasteiger partial charge in [0.25, 0.3) is 0 Å². The van der Waals surface area contributed by atoms with Crippen LogP contribution in [0.5, 0.6) is 0 Å². The van der Waals surface area contributed by atoms with E-state index in [0.29, 0.717) is 6.04 Å². The molecule has 0 saturated heterocycles. The van der Waals surface area contributed by atoms with Crippen LogP contribution in [0.3, 0.4) is 0 Å². The minimum atomic E-state index is 0.359. The second-order valence-corrected chi connectivity index (χ2v) is 5.94. The summed E-state index contributed by atoms with van der Waals surface area (Å²) in [6.07, 6.45) is 6.61. The van der Waals surface area contributed by atoms with Crippen LogP contribution in [0.1, 0.15) is 51.3 Å². The van der Waals surface area contributed by atoms with Crippen LogP contribution in [0, 0.1) is 0 Å². The first kappa shape index (κ1) is 15.1. The van der Waals surface area contributed by atoms with Crippen molar-refractivity contribution >= 4 is 31.9 Å². The highest BCUT2D eigenvalue weighted by molar-refractivity contribution is 9.11. The van der Waals surface area contributed by atoms with E-state index in [1.165, 1.54) is 12.8 Å². The van der Waals surface area contributed by atoms with E-state index in [1.807, 2.05) is 6.20 Å². The molecule has 2 nitrogen and oxygen atoms in total. The molecule has 1 N–H and O–H groups in total. The van der Waals surface area contributed by atoms with E-state index in [9.17, 15) is 0 Å². The van der Waals surface area contributed by atoms with Crippen LogP contribution in [-0.2, 0) is 0 Å². The Morgan fingerprint density at radius 3 is 2.65 bits per heavy atom. The molecule has 0 aliphatic rings. The first-order valence-electron chi connectivity index (χ1n) is 6.23. The minimum absolute atomic E-state index is 0.359. The third-order valence-electron chi connectivity index (χ3n) is 2.65. The minimum Gasteiger partial charge on any atom is -0.309 e. The molecule has 1 atom stereocenters. The first-order chi connectivity index (χ1) is 8.19. The van der Waals surface area contributed by atoms with Gasteiger partial charge in [0.1, 0.15) is 0 Å². The van der Waals surface area contributed by atoms with Gasteiger partial charge in [-0.05, 0) is 57.3 Å². The molecule has 0 aromatic carbocycles. The Kier molecular flexibility index (Phi) is 7.32. The lowest BCUT2D eigenvalue weighted by Crippen LogP contribution is -2.23. The summed E-state index contributed by atoms with van der Waals surface area (Å²) < 4.78 is 2.09. The van der Waals surface area contributed by atoms with Gasteiger partial charge in [0.05, 0.1) is 11.7 Å². The number of pyridine rings is 1. The van der Waals surface area contributed by atoms with E-state index in [4.69, 9.17) is 0 Å². The lowest BCUT2D eigenvalue weighted by Gasteiger charge is -2.19. The van der Waals surface area contributed by atoms with Gasteiger partial charge in [0.2, 0.25) is 0 Å². The van der Waals surface area contributed by atoms with Gasteiger partial charge in [0, 0.05) is 15.1 Å². The number of hydrogen-bond acceptors (Lipinski definition) is 2. The van der Waals surface area contributed by atoms with Crippen LogP contribution in [0.2, 0.25) is 0 Å². The van der Waals surface area contributed by atoms with Crippen molar-refractivity contribution in [1.29, 1.82) is 0 Å². The van der Waals surface area contributed by atoms with Gasteiger partial charge >= 0.3 is 0 Å². The Hall–Kier alpha value is 0.0700. The average molecular weight is 364 g/mol. The molecular formula is C13H20Br2N2. The summed E-state index contributed by atoms with van der Waals surface area (Å²) in [4.78, 5) is 4.53. The zero-order valence-electron chi connectivity index (χ0n) is 10.5. The normalized spacial score (nSPS) is 12.7. The highest BCUT2D eigenvalue weighted by Gasteiger charge is 2.14. The molecule has 4 heteroatoms. The molecule has 0 radical (unpaired) electrons. The van der Waals surface area contributed by atoms with E-state index in [-0.39, 0.29) is 0 Å². The third kappa shape index (κ3) is 5.06. The number of rotatable bonds is 7. The third-order valence-corrected chi connectivity index (χ3v) is 3.72. The van der Waals surface area contributed by atoms with Crippen molar-refractivity contribution in [2.75, 3.05) is 6.54 Å². The zero-order chi connectivity index (χ0) is 12.7. The monoisotopic (exact) mass is 362 g/mol. The zero-order valence-corrected chi connectivity index (χ0v) is 13.6. The maximum absolute atomic E-state index is 4.53. The fourth-order valence-corrected chi connectivity index (χ4v) is 3.01. The van der Waals surface area contributed by atoms with E-state index >= 15 is 0 Å². The molecule has 0 aliphatic heterocycles. The van der Waals surface area contributed by atoms with E-state index in [1.54, 1.807) is 0 Å². The van der Waals surface area contributed by atoms with Gasteiger partial charge in [-0.3, -0.25) is 4.98 Å². The van der Waals surface area contributed by atoms with Crippen LogP contribution in [0.15, 0.2) is 21.2 Å². The summed E-state index contributed by atoms with van der Waals surface area (Å²) in [6.45, 7) is 5.45. The van der Waals surface area contributed by atoms with E-state index < -0.39 is 0 Å². The maximum atomic E-state index is 4.53. The predicted octanol–water partition coefficient (Wildman–Crippen LogP) is 4.84. The quantitative estimate of drug-likeness (QED) is 0.749. The molecule has 0 bridgehead atoms. The van der Waals surface area contributed by atoms with Crippen molar-refractivity contribution in [2.24, 2.45) is 0 Å². The lowest BCUT2D eigenvalue weighted by atomic mass is 10.1. The fourth-order valence-electron chi connectivity index (χ4n) is 1.74. The Bertz CT molecular complexity index is 334. The van der Waals surface area contributed by atoms with Crippen molar-refractivity contribution < 1.29 is 0 Å². The average Bonchev–Trinajstić information content (AvgIpc) is 2.30. The van der Waals surface area contributed by atoms with Crippen molar-refractivity contribution in [3.05, 3.63) is 26.9 Å². The highest BCUT2D eigenvalue weighted by atomic mass is 79.9. The van der Waals surface area contributed by atoms with Crippen molar-refractivity contribution in [1.82, 2.24) is 10.3 Å². The van der Waals surface area contributed by atoms with Crippen LogP contribution in [0.25, 0.3) is 0 Å². The highest BCUT2D eigenvalue weighted by Crippen LogP contribution is 2.27. The molecule has 17 heavy (non-hydrogen) atoms. The summed E-state index contributed by atoms with van der Waals surface area (Å²) in [6, 6.07) is 2.42. The van der Waals surface area contributed by atoms with Crippen LogP contribution >= 0.6 is 31.9 Å². The number of nitrogens with zero attached hydrogens (tertiary/aromatic N) is 1. The van der Waals surface area contributed by atoms with Crippen molar-refractivity contribution in [2.45, 2.75) is 45.6 Å². The van der Waals surface area contributed by atoms with Gasteiger partial charge in [0.15, 0.2) is 0 Å². The standard InChI is InChI=1S/C13H20Br2N2/c1-3-5-6-12(16-7-4-2)13-11(15)8-10(14)9-17-13/h8-9,12,16H,3-7H2,1-2H3. The maximum Gasteiger partial charge on any atom is 0.0715 e. The molecule has 96 valence electrons. The van der Waals surface area contributed by atoms with Crippen LogP contribution in [0.4, 0.5) is 0 Å². The number of halogens is 2. The number of nitrogens with one attached hydrogen (secondary N) is 1. The predicted molar refractivity (Wildman–Crippen MR) is 80.2 cm³/mol. The first-order valence-corrected chi connectivity index (χ1v) is 7.82. The SMILES string of the molecule is CCCCC(NCCC)c1ncc(Br)cc1Br. The largest absolute Gasteiger partial charge is 0.309 e. The van der Waals surface area contributed by atoms with Gasteiger partial charge in [-0.25, -0.2) is 0 Å². The fraction of sp³-hybridized carbons (Fsp3) is 0.615. The molecule has 1 aromatic rings. The summed E-state index contributed by atoms with van der Waals surface area (Å²) >= 11 is 7.04. The molecule has 0 saturated carbocycles. The topological polar surface area (TPSA) is 24.9 Å². The molecule has 0 aliphatic carbocycles. The summed E-state index contributed by atoms with van der Waals surface area (Å²) in [5, 5.41) is 3.57. The molecule has 1 unspecified atom stereocenters. The molecule has 0 amide bonds. The Morgan fingerprint density at radius 2 is 2.06 bits per heavy atom. The Morgan fingerprint density at radius 1 is 1.29 bits per heavy atom. The lowest BCUT2D eigenvalue weighted by molar-refractivity contribution is 0.470. The molecule has 0 spiro atoms. The summed E-state index contributed by atoms with van der Waals surface area (Å²) in [5.41, 5.74) is 1.12.